The number of ether oxygens (including phenoxy) is 1. The molecule has 0 saturated carbocycles. The molecule has 1 aromatic carbocycles. The Bertz CT molecular complexity index is 680. The van der Waals surface area contributed by atoms with Crippen LogP contribution in [-0.4, -0.2) is 33.7 Å². The number of hydrogen-bond donors (Lipinski definition) is 1. The average Bonchev–Trinajstić information content (AvgIpc) is 2.41. The van der Waals surface area contributed by atoms with E-state index in [4.69, 9.17) is 4.74 Å². The molecule has 26 heavy (non-hydrogen) atoms. The summed E-state index contributed by atoms with van der Waals surface area (Å²) in [6, 6.07) is -1.15. The van der Waals surface area contributed by atoms with Gasteiger partial charge >= 0.3 is 18.2 Å². The van der Waals surface area contributed by atoms with E-state index < -0.39 is 52.9 Å². The lowest BCUT2D eigenvalue weighted by Gasteiger charge is -2.35. The number of carboxylic acids is 1. The molecular formula is C17H21F4NO4. The van der Waals surface area contributed by atoms with Crippen molar-refractivity contribution in [2.75, 3.05) is 0 Å². The molecule has 0 bridgehead atoms. The van der Waals surface area contributed by atoms with E-state index in [0.717, 1.165) is 6.07 Å². The molecule has 0 aromatic heterocycles. The quantitative estimate of drug-likeness (QED) is 0.776. The minimum atomic E-state index is -5.00. The molecule has 0 fully saturated rings. The largest absolute Gasteiger partial charge is 0.479 e. The predicted molar refractivity (Wildman–Crippen MR) is 85.0 cm³/mol. The van der Waals surface area contributed by atoms with Crippen LogP contribution in [0.3, 0.4) is 0 Å². The van der Waals surface area contributed by atoms with Gasteiger partial charge in [-0.1, -0.05) is 6.07 Å². The van der Waals surface area contributed by atoms with Gasteiger partial charge in [-0.2, -0.15) is 13.2 Å². The number of carbonyl (C=O) groups is 2. The Labute approximate surface area is 148 Å². The lowest BCUT2D eigenvalue weighted by atomic mass is 9.97. The molecule has 0 radical (unpaired) electrons. The molecule has 5 nitrogen and oxygen atoms in total. The first-order valence-corrected chi connectivity index (χ1v) is 7.76. The summed E-state index contributed by atoms with van der Waals surface area (Å²) in [7, 11) is 0. The molecule has 1 unspecified atom stereocenters. The minimum Gasteiger partial charge on any atom is -0.479 e. The van der Waals surface area contributed by atoms with Gasteiger partial charge in [0.1, 0.15) is 11.4 Å². The van der Waals surface area contributed by atoms with Crippen LogP contribution in [0.4, 0.5) is 22.4 Å². The fourth-order valence-electron chi connectivity index (χ4n) is 2.34. The average molecular weight is 379 g/mol. The molecule has 1 aromatic rings. The van der Waals surface area contributed by atoms with Gasteiger partial charge in [-0.25, -0.2) is 14.0 Å². The van der Waals surface area contributed by atoms with Crippen molar-refractivity contribution in [3.05, 3.63) is 35.1 Å². The van der Waals surface area contributed by atoms with E-state index in [9.17, 15) is 32.3 Å². The van der Waals surface area contributed by atoms with Crippen LogP contribution < -0.4 is 0 Å². The number of rotatable bonds is 4. The van der Waals surface area contributed by atoms with Crippen LogP contribution in [0.15, 0.2) is 18.2 Å². The summed E-state index contributed by atoms with van der Waals surface area (Å²) >= 11 is 0. The summed E-state index contributed by atoms with van der Waals surface area (Å²) in [4.78, 5) is 24.9. The van der Waals surface area contributed by atoms with Crippen molar-refractivity contribution in [3.8, 4) is 0 Å². The maximum Gasteiger partial charge on any atom is 0.416 e. The second-order valence-corrected chi connectivity index (χ2v) is 6.95. The molecule has 1 rings (SSSR count). The van der Waals surface area contributed by atoms with E-state index in [0.29, 0.717) is 11.0 Å². The van der Waals surface area contributed by atoms with Crippen LogP contribution in [0.25, 0.3) is 0 Å². The Morgan fingerprint density at radius 2 is 1.69 bits per heavy atom. The molecule has 0 spiro atoms. The molecular weight excluding hydrogens is 358 g/mol. The van der Waals surface area contributed by atoms with Crippen molar-refractivity contribution in [2.45, 2.75) is 58.5 Å². The van der Waals surface area contributed by atoms with E-state index in [-0.39, 0.29) is 6.07 Å². The number of alkyl halides is 3. The van der Waals surface area contributed by atoms with Gasteiger partial charge < -0.3 is 9.84 Å². The molecule has 0 aliphatic carbocycles. The number of carboxylic acid groups (broad SMARTS) is 1. The summed E-state index contributed by atoms with van der Waals surface area (Å²) in [6.45, 7) is 7.50. The standard InChI is InChI=1S/C17H21F4NO4/c1-9(2)22(15(25)26-16(3,4)5)13(14(23)24)11-7-6-10(18)8-12(11)17(19,20)21/h6-9,13H,1-5H3,(H,23,24). The second-order valence-electron chi connectivity index (χ2n) is 6.95. The molecule has 0 aliphatic rings. The first-order chi connectivity index (χ1) is 11.6. The number of hydrogen-bond acceptors (Lipinski definition) is 3. The predicted octanol–water partition coefficient (Wildman–Crippen LogP) is 4.62. The van der Waals surface area contributed by atoms with Gasteiger partial charge in [-0.3, -0.25) is 4.90 Å². The van der Waals surface area contributed by atoms with Crippen molar-refractivity contribution >= 4 is 12.1 Å². The van der Waals surface area contributed by atoms with Gasteiger partial charge in [0.25, 0.3) is 0 Å². The number of benzene rings is 1. The lowest BCUT2D eigenvalue weighted by molar-refractivity contribution is -0.146. The SMILES string of the molecule is CC(C)N(C(=O)OC(C)(C)C)C(C(=O)O)c1ccc(F)cc1C(F)(F)F. The van der Waals surface area contributed by atoms with Crippen molar-refractivity contribution in [1.29, 1.82) is 0 Å². The molecule has 1 amide bonds. The number of amides is 1. The van der Waals surface area contributed by atoms with Crippen LogP contribution >= 0.6 is 0 Å². The molecule has 146 valence electrons. The number of nitrogens with zero attached hydrogens (tertiary/aromatic N) is 1. The minimum absolute atomic E-state index is 0.207. The zero-order chi connectivity index (χ0) is 20.4. The smallest absolute Gasteiger partial charge is 0.416 e. The van der Waals surface area contributed by atoms with Crippen molar-refractivity contribution in [3.63, 3.8) is 0 Å². The summed E-state index contributed by atoms with van der Waals surface area (Å²) in [6.07, 6.45) is -6.08. The first kappa shape index (κ1) is 21.7. The third-order valence-corrected chi connectivity index (χ3v) is 3.29. The maximum absolute atomic E-state index is 13.3. The number of aliphatic carboxylic acids is 1. The third-order valence-electron chi connectivity index (χ3n) is 3.29. The van der Waals surface area contributed by atoms with Gasteiger partial charge in [-0.05, 0) is 52.3 Å². The molecule has 1 atom stereocenters. The van der Waals surface area contributed by atoms with Crippen LogP contribution in [0.5, 0.6) is 0 Å². The van der Waals surface area contributed by atoms with E-state index >= 15 is 0 Å². The van der Waals surface area contributed by atoms with Gasteiger partial charge in [0.15, 0.2) is 6.04 Å². The molecule has 0 saturated heterocycles. The highest BCUT2D eigenvalue weighted by atomic mass is 19.4. The number of halogens is 4. The van der Waals surface area contributed by atoms with E-state index in [1.165, 1.54) is 34.6 Å². The summed E-state index contributed by atoms with van der Waals surface area (Å²) < 4.78 is 58.3. The highest BCUT2D eigenvalue weighted by molar-refractivity contribution is 5.82. The van der Waals surface area contributed by atoms with Gasteiger partial charge in [0, 0.05) is 6.04 Å². The highest BCUT2D eigenvalue weighted by Gasteiger charge is 2.42. The van der Waals surface area contributed by atoms with Crippen molar-refractivity contribution in [1.82, 2.24) is 4.90 Å². The van der Waals surface area contributed by atoms with E-state index in [2.05, 4.69) is 0 Å². The Morgan fingerprint density at radius 1 is 1.15 bits per heavy atom. The van der Waals surface area contributed by atoms with Crippen molar-refractivity contribution < 1.29 is 37.0 Å². The molecule has 0 aliphatic heterocycles. The zero-order valence-electron chi connectivity index (χ0n) is 15.0. The van der Waals surface area contributed by atoms with Crippen LogP contribution in [0.1, 0.15) is 51.8 Å². The van der Waals surface area contributed by atoms with Gasteiger partial charge in [-0.15, -0.1) is 0 Å². The molecule has 0 heterocycles. The maximum atomic E-state index is 13.3. The molecule has 9 heteroatoms. The zero-order valence-corrected chi connectivity index (χ0v) is 15.0. The topological polar surface area (TPSA) is 66.8 Å². The lowest BCUT2D eigenvalue weighted by Crippen LogP contribution is -2.46. The Hall–Kier alpha value is -2.32. The highest BCUT2D eigenvalue weighted by Crippen LogP contribution is 2.38. The number of carbonyl (C=O) groups excluding carboxylic acids is 1. The van der Waals surface area contributed by atoms with E-state index in [1.54, 1.807) is 0 Å². The Morgan fingerprint density at radius 3 is 2.08 bits per heavy atom. The summed E-state index contributed by atoms with van der Waals surface area (Å²) in [5, 5.41) is 9.54. The van der Waals surface area contributed by atoms with Gasteiger partial charge in [0.2, 0.25) is 0 Å². The Kier molecular flexibility index (Phi) is 6.27. The Balaban J connectivity index is 3.56. The van der Waals surface area contributed by atoms with Gasteiger partial charge in [0.05, 0.1) is 5.56 Å². The van der Waals surface area contributed by atoms with Crippen molar-refractivity contribution in [2.24, 2.45) is 0 Å². The first-order valence-electron chi connectivity index (χ1n) is 7.76. The van der Waals surface area contributed by atoms with Crippen LogP contribution in [0, 0.1) is 5.82 Å². The normalized spacial score (nSPS) is 13.5. The second kappa shape index (κ2) is 7.51. The van der Waals surface area contributed by atoms with Crippen LogP contribution in [0.2, 0.25) is 0 Å². The third kappa shape index (κ3) is 5.34. The molecule has 1 N–H and O–H groups in total. The monoisotopic (exact) mass is 379 g/mol. The fourth-order valence-corrected chi connectivity index (χ4v) is 2.34. The van der Waals surface area contributed by atoms with Crippen LogP contribution in [-0.2, 0) is 15.7 Å². The summed E-state index contributed by atoms with van der Waals surface area (Å²) in [5.41, 5.74) is -3.19. The van der Waals surface area contributed by atoms with E-state index in [1.807, 2.05) is 0 Å². The summed E-state index contributed by atoms with van der Waals surface area (Å²) in [5.74, 6) is -2.86. The fraction of sp³-hybridized carbons (Fsp3) is 0.529.